The molecule has 4 nitrogen and oxygen atoms in total. The van der Waals surface area contributed by atoms with Crippen molar-refractivity contribution in [3.63, 3.8) is 0 Å². The Kier molecular flexibility index (Phi) is 4.99. The minimum atomic E-state index is 0.0701. The second-order valence-corrected chi connectivity index (χ2v) is 5.72. The average Bonchev–Trinajstić information content (AvgIpc) is 2.50. The van der Waals surface area contributed by atoms with E-state index in [1.165, 1.54) is 5.56 Å². The lowest BCUT2D eigenvalue weighted by Crippen LogP contribution is -2.50. The van der Waals surface area contributed by atoms with Gasteiger partial charge >= 0.3 is 0 Å². The Labute approximate surface area is 126 Å². The number of hydrogen-bond acceptors (Lipinski definition) is 2. The maximum Gasteiger partial charge on any atom is 0.253 e. The first kappa shape index (κ1) is 15.5. The lowest BCUT2D eigenvalue weighted by atomic mass is 10.1. The summed E-state index contributed by atoms with van der Waals surface area (Å²) in [7, 11) is 0. The molecule has 0 atom stereocenters. The fraction of sp³-hybridized carbons (Fsp3) is 0.529. The van der Waals surface area contributed by atoms with Crippen LogP contribution in [0.15, 0.2) is 18.2 Å². The molecule has 0 bridgehead atoms. The molecule has 1 aliphatic rings. The van der Waals surface area contributed by atoms with Gasteiger partial charge in [0.25, 0.3) is 5.91 Å². The molecule has 1 aromatic carbocycles. The molecule has 0 saturated carbocycles. The van der Waals surface area contributed by atoms with Gasteiger partial charge in [-0.2, -0.15) is 0 Å². The van der Waals surface area contributed by atoms with Crippen LogP contribution in [0.2, 0.25) is 0 Å². The molecule has 21 heavy (non-hydrogen) atoms. The van der Waals surface area contributed by atoms with E-state index in [9.17, 15) is 9.59 Å². The zero-order valence-corrected chi connectivity index (χ0v) is 13.2. The molecule has 0 radical (unpaired) electrons. The minimum absolute atomic E-state index is 0.0701. The normalized spacial score (nSPS) is 15.2. The van der Waals surface area contributed by atoms with Crippen LogP contribution in [0.1, 0.15) is 41.3 Å². The highest BCUT2D eigenvalue weighted by Crippen LogP contribution is 2.14. The van der Waals surface area contributed by atoms with Crippen molar-refractivity contribution >= 4 is 11.8 Å². The monoisotopic (exact) mass is 288 g/mol. The first-order chi connectivity index (χ1) is 10.0. The summed E-state index contributed by atoms with van der Waals surface area (Å²) in [6, 6.07) is 5.83. The van der Waals surface area contributed by atoms with E-state index in [4.69, 9.17) is 0 Å². The van der Waals surface area contributed by atoms with Crippen LogP contribution in [0.3, 0.4) is 0 Å². The highest BCUT2D eigenvalue weighted by Gasteiger charge is 2.24. The number of nitrogens with zero attached hydrogens (tertiary/aromatic N) is 2. The van der Waals surface area contributed by atoms with Crippen LogP contribution in [0, 0.1) is 13.8 Å². The molecular formula is C17H24N2O2. The van der Waals surface area contributed by atoms with Crippen LogP contribution in [0.25, 0.3) is 0 Å². The summed E-state index contributed by atoms with van der Waals surface area (Å²) >= 11 is 0. The van der Waals surface area contributed by atoms with Crippen molar-refractivity contribution < 1.29 is 9.59 Å². The number of aryl methyl sites for hydroxylation is 2. The molecule has 0 N–H and O–H groups in total. The molecule has 1 aliphatic heterocycles. The van der Waals surface area contributed by atoms with Crippen molar-refractivity contribution in [1.29, 1.82) is 0 Å². The largest absolute Gasteiger partial charge is 0.339 e. The third-order valence-corrected chi connectivity index (χ3v) is 4.14. The molecule has 0 aromatic heterocycles. The Hall–Kier alpha value is -1.84. The molecule has 0 spiro atoms. The van der Waals surface area contributed by atoms with E-state index in [1.54, 1.807) is 0 Å². The molecule has 1 heterocycles. The third-order valence-electron chi connectivity index (χ3n) is 4.14. The van der Waals surface area contributed by atoms with Crippen molar-refractivity contribution in [2.75, 3.05) is 26.2 Å². The fourth-order valence-electron chi connectivity index (χ4n) is 2.59. The Morgan fingerprint density at radius 3 is 2.19 bits per heavy atom. The second kappa shape index (κ2) is 6.74. The smallest absolute Gasteiger partial charge is 0.253 e. The Bertz CT molecular complexity index is 532. The average molecular weight is 288 g/mol. The number of rotatable bonds is 3. The van der Waals surface area contributed by atoms with E-state index in [1.807, 2.05) is 48.8 Å². The number of piperazine rings is 1. The Balaban J connectivity index is 1.97. The molecule has 0 aliphatic carbocycles. The van der Waals surface area contributed by atoms with Gasteiger partial charge in [-0.25, -0.2) is 0 Å². The summed E-state index contributed by atoms with van der Waals surface area (Å²) in [5.41, 5.74) is 3.07. The van der Waals surface area contributed by atoms with Crippen molar-refractivity contribution in [3.05, 3.63) is 34.9 Å². The first-order valence-corrected chi connectivity index (χ1v) is 7.67. The number of carbonyl (C=O) groups excluding carboxylic acids is 2. The highest BCUT2D eigenvalue weighted by atomic mass is 16.2. The van der Waals surface area contributed by atoms with Crippen LogP contribution in [0.5, 0.6) is 0 Å². The van der Waals surface area contributed by atoms with Gasteiger partial charge in [-0.3, -0.25) is 9.59 Å². The molecule has 2 amide bonds. The van der Waals surface area contributed by atoms with Gasteiger partial charge in [0.1, 0.15) is 0 Å². The molecule has 1 fully saturated rings. The van der Waals surface area contributed by atoms with Crippen molar-refractivity contribution in [2.45, 2.75) is 33.6 Å². The molecule has 1 aromatic rings. The van der Waals surface area contributed by atoms with Gasteiger partial charge in [0, 0.05) is 38.2 Å². The van der Waals surface area contributed by atoms with Gasteiger partial charge in [0.15, 0.2) is 0 Å². The van der Waals surface area contributed by atoms with E-state index < -0.39 is 0 Å². The number of amides is 2. The number of hydrogen-bond donors (Lipinski definition) is 0. The van der Waals surface area contributed by atoms with Gasteiger partial charge in [-0.15, -0.1) is 0 Å². The predicted octanol–water partition coefficient (Wildman–Crippen LogP) is 2.39. The SMILES string of the molecule is CCCC(=O)N1CCN(C(=O)c2ccc(C)c(C)c2)CC1. The van der Waals surface area contributed by atoms with Gasteiger partial charge in [-0.05, 0) is 43.5 Å². The van der Waals surface area contributed by atoms with Crippen molar-refractivity contribution in [1.82, 2.24) is 9.80 Å². The molecular weight excluding hydrogens is 264 g/mol. The Morgan fingerprint density at radius 1 is 1.00 bits per heavy atom. The van der Waals surface area contributed by atoms with Crippen LogP contribution < -0.4 is 0 Å². The predicted molar refractivity (Wildman–Crippen MR) is 83.3 cm³/mol. The summed E-state index contributed by atoms with van der Waals surface area (Å²) < 4.78 is 0. The summed E-state index contributed by atoms with van der Waals surface area (Å²) in [6.45, 7) is 8.62. The first-order valence-electron chi connectivity index (χ1n) is 7.67. The summed E-state index contributed by atoms with van der Waals surface area (Å²) in [5, 5.41) is 0. The zero-order valence-electron chi connectivity index (χ0n) is 13.2. The number of benzene rings is 1. The lowest BCUT2D eigenvalue weighted by molar-refractivity contribution is -0.132. The van der Waals surface area contributed by atoms with Crippen LogP contribution >= 0.6 is 0 Å². The highest BCUT2D eigenvalue weighted by molar-refractivity contribution is 5.94. The van der Waals surface area contributed by atoms with Crippen molar-refractivity contribution in [3.8, 4) is 0 Å². The third kappa shape index (κ3) is 3.63. The quantitative estimate of drug-likeness (QED) is 0.857. The van der Waals surface area contributed by atoms with Crippen molar-refractivity contribution in [2.24, 2.45) is 0 Å². The summed E-state index contributed by atoms with van der Waals surface area (Å²) in [4.78, 5) is 28.1. The molecule has 2 rings (SSSR count). The molecule has 1 saturated heterocycles. The number of carbonyl (C=O) groups is 2. The van der Waals surface area contributed by atoms with E-state index in [0.29, 0.717) is 32.6 Å². The standard InChI is InChI=1S/C17H24N2O2/c1-4-5-16(20)18-8-10-19(11-9-18)17(21)15-7-6-13(2)14(3)12-15/h6-7,12H,4-5,8-11H2,1-3H3. The fourth-order valence-corrected chi connectivity index (χ4v) is 2.59. The van der Waals surface area contributed by atoms with Crippen LogP contribution in [-0.2, 0) is 4.79 Å². The summed E-state index contributed by atoms with van der Waals surface area (Å²) in [6.07, 6.45) is 1.48. The van der Waals surface area contributed by atoms with E-state index in [2.05, 4.69) is 0 Å². The van der Waals surface area contributed by atoms with E-state index >= 15 is 0 Å². The zero-order chi connectivity index (χ0) is 15.4. The topological polar surface area (TPSA) is 40.6 Å². The van der Waals surface area contributed by atoms with Crippen LogP contribution in [-0.4, -0.2) is 47.8 Å². The molecule has 114 valence electrons. The summed E-state index contributed by atoms with van der Waals surface area (Å²) in [5.74, 6) is 0.275. The van der Waals surface area contributed by atoms with Gasteiger partial charge in [-0.1, -0.05) is 13.0 Å². The minimum Gasteiger partial charge on any atom is -0.339 e. The van der Waals surface area contributed by atoms with Crippen LogP contribution in [0.4, 0.5) is 0 Å². The Morgan fingerprint density at radius 2 is 1.62 bits per heavy atom. The van der Waals surface area contributed by atoms with E-state index in [0.717, 1.165) is 17.5 Å². The second-order valence-electron chi connectivity index (χ2n) is 5.72. The molecule has 0 unspecified atom stereocenters. The molecule has 4 heteroatoms. The maximum atomic E-state index is 12.5. The van der Waals surface area contributed by atoms with Gasteiger partial charge in [0.05, 0.1) is 0 Å². The van der Waals surface area contributed by atoms with Gasteiger partial charge in [0.2, 0.25) is 5.91 Å². The van der Waals surface area contributed by atoms with Gasteiger partial charge < -0.3 is 9.80 Å². The van der Waals surface area contributed by atoms with E-state index in [-0.39, 0.29) is 11.8 Å². The maximum absolute atomic E-state index is 12.5. The lowest BCUT2D eigenvalue weighted by Gasteiger charge is -2.35.